The molecule has 0 N–H and O–H groups in total. The Hall–Kier alpha value is -2.02. The molecule has 3 heterocycles. The number of likely N-dealkylation sites (tertiary alicyclic amines) is 1. The first kappa shape index (κ1) is 15.9. The first-order valence-corrected chi connectivity index (χ1v) is 8.01. The second-order valence-electron chi connectivity index (χ2n) is 6.69. The molecule has 2 fully saturated rings. The van der Waals surface area contributed by atoms with Gasteiger partial charge in [0.15, 0.2) is 0 Å². The molecule has 3 rings (SSSR count). The van der Waals surface area contributed by atoms with Crippen LogP contribution in [0, 0.1) is 5.41 Å². The lowest BCUT2D eigenvalue weighted by Gasteiger charge is -2.39. The van der Waals surface area contributed by atoms with Crippen LogP contribution in [0.15, 0.2) is 18.7 Å². The predicted molar refractivity (Wildman–Crippen MR) is 85.8 cm³/mol. The molecule has 0 aliphatic carbocycles. The third-order valence-electron chi connectivity index (χ3n) is 4.89. The van der Waals surface area contributed by atoms with Crippen LogP contribution in [-0.2, 0) is 9.59 Å². The number of likely N-dealkylation sites (N-methyl/N-ethyl adjacent to an activating group) is 1. The van der Waals surface area contributed by atoms with Gasteiger partial charge in [-0.3, -0.25) is 14.5 Å². The van der Waals surface area contributed by atoms with Crippen LogP contribution in [0.1, 0.15) is 19.3 Å². The van der Waals surface area contributed by atoms with Crippen molar-refractivity contribution in [1.29, 1.82) is 0 Å². The zero-order valence-electron chi connectivity index (χ0n) is 13.7. The number of rotatable bonds is 3. The van der Waals surface area contributed by atoms with E-state index in [4.69, 9.17) is 0 Å². The summed E-state index contributed by atoms with van der Waals surface area (Å²) in [6.07, 6.45) is 7.50. The molecule has 7 heteroatoms. The van der Waals surface area contributed by atoms with Crippen LogP contribution in [-0.4, -0.2) is 71.9 Å². The average Bonchev–Trinajstić information content (AvgIpc) is 2.85. The molecule has 1 atom stereocenters. The first-order chi connectivity index (χ1) is 11.0. The quantitative estimate of drug-likeness (QED) is 0.806. The molecule has 2 saturated heterocycles. The fraction of sp³-hybridized carbons (Fsp3) is 0.625. The number of nitrogens with zero attached hydrogens (tertiary/aromatic N) is 5. The van der Waals surface area contributed by atoms with Crippen molar-refractivity contribution in [2.75, 3.05) is 45.2 Å². The van der Waals surface area contributed by atoms with Gasteiger partial charge in [-0.15, -0.1) is 0 Å². The van der Waals surface area contributed by atoms with Gasteiger partial charge in [0.05, 0.1) is 30.0 Å². The first-order valence-electron chi connectivity index (χ1n) is 8.01. The molecular weight excluding hydrogens is 294 g/mol. The maximum absolute atomic E-state index is 13.0. The highest BCUT2D eigenvalue weighted by Crippen LogP contribution is 2.41. The SMILES string of the molecule is CN(C)C(=O)CN1CCCC2(CCN(c3cncnc3)C2=O)C1. The number of carbonyl (C=O) groups excluding carboxylic acids is 2. The van der Waals surface area contributed by atoms with Gasteiger partial charge < -0.3 is 9.80 Å². The summed E-state index contributed by atoms with van der Waals surface area (Å²) in [7, 11) is 3.53. The number of aromatic nitrogens is 2. The molecular formula is C16H23N5O2. The normalized spacial score (nSPS) is 25.1. The van der Waals surface area contributed by atoms with Gasteiger partial charge in [0.1, 0.15) is 6.33 Å². The summed E-state index contributed by atoms with van der Waals surface area (Å²) in [4.78, 5) is 38.5. The zero-order valence-corrected chi connectivity index (χ0v) is 13.7. The lowest BCUT2D eigenvalue weighted by molar-refractivity contribution is -0.134. The predicted octanol–water partition coefficient (Wildman–Crippen LogP) is 0.384. The maximum Gasteiger partial charge on any atom is 0.236 e. The number of amides is 2. The fourth-order valence-electron chi connectivity index (χ4n) is 3.57. The lowest BCUT2D eigenvalue weighted by atomic mass is 9.78. The van der Waals surface area contributed by atoms with Crippen LogP contribution >= 0.6 is 0 Å². The van der Waals surface area contributed by atoms with Gasteiger partial charge >= 0.3 is 0 Å². The van der Waals surface area contributed by atoms with E-state index in [9.17, 15) is 9.59 Å². The molecule has 7 nitrogen and oxygen atoms in total. The number of hydrogen-bond acceptors (Lipinski definition) is 5. The molecule has 23 heavy (non-hydrogen) atoms. The van der Waals surface area contributed by atoms with E-state index in [1.807, 2.05) is 0 Å². The van der Waals surface area contributed by atoms with E-state index in [0.29, 0.717) is 19.6 Å². The van der Waals surface area contributed by atoms with Crippen LogP contribution < -0.4 is 4.90 Å². The highest BCUT2D eigenvalue weighted by atomic mass is 16.2. The van der Waals surface area contributed by atoms with Crippen molar-refractivity contribution in [3.63, 3.8) is 0 Å². The number of carbonyl (C=O) groups is 2. The van der Waals surface area contributed by atoms with Gasteiger partial charge in [-0.05, 0) is 25.8 Å². The molecule has 1 aromatic rings. The lowest BCUT2D eigenvalue weighted by Crippen LogP contribution is -2.50. The van der Waals surface area contributed by atoms with E-state index in [1.165, 1.54) is 6.33 Å². The van der Waals surface area contributed by atoms with Crippen LogP contribution in [0.4, 0.5) is 5.69 Å². The van der Waals surface area contributed by atoms with Crippen LogP contribution in [0.2, 0.25) is 0 Å². The molecule has 1 aromatic heterocycles. The standard InChI is InChI=1S/C16H23N5O2/c1-19(2)14(22)10-20-6-3-4-16(11-20)5-7-21(15(16)23)13-8-17-12-18-9-13/h8-9,12H,3-7,10-11H2,1-2H3. The Kier molecular flexibility index (Phi) is 4.30. The van der Waals surface area contributed by atoms with Gasteiger partial charge in [-0.2, -0.15) is 0 Å². The minimum absolute atomic E-state index is 0.0841. The second kappa shape index (κ2) is 6.23. The monoisotopic (exact) mass is 317 g/mol. The van der Waals surface area contributed by atoms with Crippen molar-refractivity contribution in [2.45, 2.75) is 19.3 Å². The van der Waals surface area contributed by atoms with E-state index in [-0.39, 0.29) is 17.2 Å². The van der Waals surface area contributed by atoms with Crippen molar-refractivity contribution < 1.29 is 9.59 Å². The minimum atomic E-state index is -0.360. The molecule has 1 spiro atoms. The van der Waals surface area contributed by atoms with Crippen LogP contribution in [0.25, 0.3) is 0 Å². The van der Waals surface area contributed by atoms with Crippen molar-refractivity contribution in [3.8, 4) is 0 Å². The van der Waals surface area contributed by atoms with Crippen LogP contribution in [0.5, 0.6) is 0 Å². The Morgan fingerprint density at radius 1 is 1.26 bits per heavy atom. The summed E-state index contributed by atoms with van der Waals surface area (Å²) >= 11 is 0. The highest BCUT2D eigenvalue weighted by molar-refractivity contribution is 6.00. The summed E-state index contributed by atoms with van der Waals surface area (Å²) < 4.78 is 0. The van der Waals surface area contributed by atoms with E-state index in [1.54, 1.807) is 36.3 Å². The molecule has 0 bridgehead atoms. The number of hydrogen-bond donors (Lipinski definition) is 0. The Balaban J connectivity index is 1.72. The van der Waals surface area contributed by atoms with E-state index in [2.05, 4.69) is 14.9 Å². The third kappa shape index (κ3) is 3.06. The summed E-state index contributed by atoms with van der Waals surface area (Å²) in [5, 5.41) is 0. The molecule has 124 valence electrons. The van der Waals surface area contributed by atoms with Crippen LogP contribution in [0.3, 0.4) is 0 Å². The molecule has 0 radical (unpaired) electrons. The largest absolute Gasteiger partial charge is 0.348 e. The summed E-state index contributed by atoms with van der Waals surface area (Å²) in [5.41, 5.74) is 0.400. The van der Waals surface area contributed by atoms with Gasteiger partial charge in [-0.25, -0.2) is 9.97 Å². The second-order valence-corrected chi connectivity index (χ2v) is 6.69. The Morgan fingerprint density at radius 2 is 2.00 bits per heavy atom. The maximum atomic E-state index is 13.0. The number of piperidine rings is 1. The summed E-state index contributed by atoms with van der Waals surface area (Å²) in [6, 6.07) is 0. The topological polar surface area (TPSA) is 69.6 Å². The van der Waals surface area contributed by atoms with E-state index in [0.717, 1.165) is 31.5 Å². The Labute approximate surface area is 136 Å². The summed E-state index contributed by atoms with van der Waals surface area (Å²) in [5.74, 6) is 0.232. The smallest absolute Gasteiger partial charge is 0.236 e. The molecule has 0 aromatic carbocycles. The molecule has 0 saturated carbocycles. The van der Waals surface area contributed by atoms with Crippen molar-refractivity contribution in [2.24, 2.45) is 5.41 Å². The van der Waals surface area contributed by atoms with E-state index < -0.39 is 0 Å². The highest BCUT2D eigenvalue weighted by Gasteiger charge is 2.49. The van der Waals surface area contributed by atoms with Gasteiger partial charge in [0.25, 0.3) is 0 Å². The number of anilines is 1. The molecule has 2 amide bonds. The summed E-state index contributed by atoms with van der Waals surface area (Å²) in [6.45, 7) is 2.62. The van der Waals surface area contributed by atoms with E-state index >= 15 is 0 Å². The van der Waals surface area contributed by atoms with Crippen molar-refractivity contribution in [3.05, 3.63) is 18.7 Å². The van der Waals surface area contributed by atoms with Gasteiger partial charge in [0, 0.05) is 27.2 Å². The minimum Gasteiger partial charge on any atom is -0.348 e. The molecule has 2 aliphatic rings. The zero-order chi connectivity index (χ0) is 16.4. The Morgan fingerprint density at radius 3 is 2.70 bits per heavy atom. The molecule has 1 unspecified atom stereocenters. The van der Waals surface area contributed by atoms with Gasteiger partial charge in [0.2, 0.25) is 11.8 Å². The Bertz CT molecular complexity index is 591. The van der Waals surface area contributed by atoms with Crippen molar-refractivity contribution >= 4 is 17.5 Å². The molecule has 2 aliphatic heterocycles. The fourth-order valence-corrected chi connectivity index (χ4v) is 3.57. The van der Waals surface area contributed by atoms with Gasteiger partial charge in [-0.1, -0.05) is 0 Å². The average molecular weight is 317 g/mol. The third-order valence-corrected chi connectivity index (χ3v) is 4.89. The van der Waals surface area contributed by atoms with Crippen molar-refractivity contribution in [1.82, 2.24) is 19.8 Å².